The van der Waals surface area contributed by atoms with Crippen LogP contribution < -0.4 is 0 Å². The number of carbonyl (C=O) groups excluding carboxylic acids is 1. The van der Waals surface area contributed by atoms with Crippen molar-refractivity contribution < 1.29 is 9.72 Å². The number of nitro groups is 1. The third kappa shape index (κ3) is 4.12. The van der Waals surface area contributed by atoms with E-state index in [1.807, 2.05) is 23.6 Å². The van der Waals surface area contributed by atoms with Crippen LogP contribution in [0.15, 0.2) is 71.0 Å². The molecule has 2 heterocycles. The lowest BCUT2D eigenvalue weighted by molar-refractivity contribution is -0.387. The summed E-state index contributed by atoms with van der Waals surface area (Å²) in [5.41, 5.74) is 2.43. The fraction of sp³-hybridized carbons (Fsp3) is 0.0909. The molecular weight excluding hydrogens is 450 g/mol. The summed E-state index contributed by atoms with van der Waals surface area (Å²) in [6.45, 7) is 3.25. The molecule has 0 bridgehead atoms. The van der Waals surface area contributed by atoms with E-state index >= 15 is 0 Å². The summed E-state index contributed by atoms with van der Waals surface area (Å²) in [6, 6.07) is 13.5. The highest BCUT2D eigenvalue weighted by atomic mass is 35.5. The Morgan fingerprint density at radius 2 is 1.88 bits per heavy atom. The predicted molar refractivity (Wildman–Crippen MR) is 122 cm³/mol. The van der Waals surface area contributed by atoms with E-state index < -0.39 is 4.92 Å². The first-order valence-electron chi connectivity index (χ1n) is 9.45. The summed E-state index contributed by atoms with van der Waals surface area (Å²) in [5, 5.41) is 21.3. The van der Waals surface area contributed by atoms with E-state index in [0.29, 0.717) is 20.9 Å². The molecule has 2 aromatic carbocycles. The molecule has 32 heavy (non-hydrogen) atoms. The minimum atomic E-state index is -0.510. The van der Waals surface area contributed by atoms with Crippen molar-refractivity contribution in [1.82, 2.24) is 19.7 Å². The van der Waals surface area contributed by atoms with E-state index in [1.165, 1.54) is 13.0 Å². The van der Waals surface area contributed by atoms with Gasteiger partial charge in [0.05, 0.1) is 15.5 Å². The van der Waals surface area contributed by atoms with E-state index in [9.17, 15) is 14.9 Å². The van der Waals surface area contributed by atoms with E-state index in [2.05, 4.69) is 15.2 Å². The lowest BCUT2D eigenvalue weighted by Crippen LogP contribution is -2.03. The summed E-state index contributed by atoms with van der Waals surface area (Å²) in [5.74, 6) is 0.297. The summed E-state index contributed by atoms with van der Waals surface area (Å²) >= 11 is 7.46. The largest absolute Gasteiger partial charge is 0.295 e. The molecule has 4 rings (SSSR count). The van der Waals surface area contributed by atoms with Crippen LogP contribution in [-0.2, 0) is 0 Å². The number of benzene rings is 2. The first-order valence-corrected chi connectivity index (χ1v) is 10.6. The van der Waals surface area contributed by atoms with Gasteiger partial charge in [0.2, 0.25) is 5.16 Å². The summed E-state index contributed by atoms with van der Waals surface area (Å²) in [4.78, 5) is 27.2. The molecule has 160 valence electrons. The summed E-state index contributed by atoms with van der Waals surface area (Å²) in [6.07, 6.45) is 3.30. The van der Waals surface area contributed by atoms with Crippen LogP contribution in [-0.4, -0.2) is 30.5 Å². The zero-order valence-electron chi connectivity index (χ0n) is 17.0. The van der Waals surface area contributed by atoms with Crippen molar-refractivity contribution in [2.24, 2.45) is 0 Å². The molecule has 8 nitrogen and oxygen atoms in total. The molecule has 0 aliphatic heterocycles. The smallest absolute Gasteiger partial charge is 0.284 e. The van der Waals surface area contributed by atoms with Crippen molar-refractivity contribution in [3.63, 3.8) is 0 Å². The summed E-state index contributed by atoms with van der Waals surface area (Å²) in [7, 11) is 0. The van der Waals surface area contributed by atoms with Crippen molar-refractivity contribution in [2.75, 3.05) is 0 Å². The molecule has 0 fully saturated rings. The molecule has 0 unspecified atom stereocenters. The first-order chi connectivity index (χ1) is 15.4. The van der Waals surface area contributed by atoms with Gasteiger partial charge in [-0.05, 0) is 67.6 Å². The van der Waals surface area contributed by atoms with Crippen molar-refractivity contribution in [3.05, 3.63) is 87.2 Å². The van der Waals surface area contributed by atoms with Crippen LogP contribution >= 0.6 is 23.4 Å². The third-order valence-corrected chi connectivity index (χ3v) is 6.24. The number of hydrogen-bond donors (Lipinski definition) is 0. The standard InChI is InChI=1S/C22H16ClN5O3S/c1-13-17(23)4-3-5-18(13)27-21(15-8-10-24-11-9-15)25-26-22(27)32-20-7-6-16(14(2)29)12-19(20)28(30)31/h3-12H,1-2H3. The average molecular weight is 466 g/mol. The quantitative estimate of drug-likeness (QED) is 0.209. The maximum absolute atomic E-state index is 11.7. The molecule has 0 atom stereocenters. The number of halogens is 1. The van der Waals surface area contributed by atoms with Crippen LogP contribution in [0.2, 0.25) is 5.02 Å². The Balaban J connectivity index is 1.90. The number of hydrogen-bond acceptors (Lipinski definition) is 7. The Labute approximate surface area is 192 Å². The SMILES string of the molecule is CC(=O)c1ccc(Sc2nnc(-c3ccncc3)n2-c2cccc(Cl)c2C)c([N+](=O)[O-])c1. The highest BCUT2D eigenvalue weighted by molar-refractivity contribution is 7.99. The minimum absolute atomic E-state index is 0.175. The number of Topliss-reactive ketones (excluding diaryl/α,β-unsaturated/α-hetero) is 1. The Morgan fingerprint density at radius 3 is 2.56 bits per heavy atom. The van der Waals surface area contributed by atoms with Gasteiger partial charge in [0.1, 0.15) is 0 Å². The molecule has 0 aliphatic rings. The molecule has 0 amide bonds. The maximum Gasteiger partial charge on any atom is 0.284 e. The maximum atomic E-state index is 11.7. The zero-order valence-corrected chi connectivity index (χ0v) is 18.6. The number of carbonyl (C=O) groups is 1. The first kappa shape index (κ1) is 21.7. The molecule has 4 aromatic rings. The third-order valence-electron chi connectivity index (χ3n) is 4.82. The molecule has 10 heteroatoms. The van der Waals surface area contributed by atoms with Crippen LogP contribution in [0.1, 0.15) is 22.8 Å². The lowest BCUT2D eigenvalue weighted by atomic mass is 10.1. The number of aromatic nitrogens is 4. The van der Waals surface area contributed by atoms with Crippen molar-refractivity contribution >= 4 is 34.8 Å². The van der Waals surface area contributed by atoms with Crippen LogP contribution in [0, 0.1) is 17.0 Å². The number of nitro benzene ring substituents is 1. The van der Waals surface area contributed by atoms with E-state index in [0.717, 1.165) is 28.6 Å². The topological polar surface area (TPSA) is 104 Å². The van der Waals surface area contributed by atoms with Crippen LogP contribution in [0.5, 0.6) is 0 Å². The number of ketones is 1. The summed E-state index contributed by atoms with van der Waals surface area (Å²) < 4.78 is 1.81. The molecule has 0 saturated heterocycles. The number of pyridine rings is 1. The molecule has 2 aromatic heterocycles. The monoisotopic (exact) mass is 465 g/mol. The van der Waals surface area contributed by atoms with E-state index in [-0.39, 0.29) is 17.0 Å². The van der Waals surface area contributed by atoms with Gasteiger partial charge in [0.25, 0.3) is 5.69 Å². The van der Waals surface area contributed by atoms with Gasteiger partial charge >= 0.3 is 0 Å². The van der Waals surface area contributed by atoms with E-state index in [1.54, 1.807) is 42.7 Å². The second kappa shape index (κ2) is 8.89. The van der Waals surface area contributed by atoms with Crippen molar-refractivity contribution in [2.45, 2.75) is 23.9 Å². The fourth-order valence-corrected chi connectivity index (χ4v) is 4.24. The second-order valence-electron chi connectivity index (χ2n) is 6.86. The van der Waals surface area contributed by atoms with Gasteiger partial charge in [-0.25, -0.2) is 0 Å². The normalized spacial score (nSPS) is 10.8. The minimum Gasteiger partial charge on any atom is -0.295 e. The molecule has 0 N–H and O–H groups in total. The number of rotatable bonds is 6. The highest BCUT2D eigenvalue weighted by Crippen LogP contribution is 2.38. The van der Waals surface area contributed by atoms with Gasteiger partial charge in [-0.2, -0.15) is 0 Å². The van der Waals surface area contributed by atoms with Crippen LogP contribution in [0.3, 0.4) is 0 Å². The second-order valence-corrected chi connectivity index (χ2v) is 8.28. The van der Waals surface area contributed by atoms with Gasteiger partial charge in [-0.1, -0.05) is 17.7 Å². The number of nitrogens with zero attached hydrogens (tertiary/aromatic N) is 5. The Kier molecular flexibility index (Phi) is 6.02. The molecule has 0 radical (unpaired) electrons. The highest BCUT2D eigenvalue weighted by Gasteiger charge is 2.23. The molecule has 0 saturated carbocycles. The molecule has 0 aliphatic carbocycles. The molecule has 0 spiro atoms. The van der Waals surface area contributed by atoms with E-state index in [4.69, 9.17) is 11.6 Å². The van der Waals surface area contributed by atoms with Gasteiger partial charge in [0.15, 0.2) is 11.6 Å². The van der Waals surface area contributed by atoms with Crippen LogP contribution in [0.25, 0.3) is 17.1 Å². The lowest BCUT2D eigenvalue weighted by Gasteiger charge is -2.14. The van der Waals surface area contributed by atoms with Gasteiger partial charge in [-0.15, -0.1) is 10.2 Å². The van der Waals surface area contributed by atoms with Gasteiger partial charge in [-0.3, -0.25) is 24.5 Å². The molecular formula is C22H16ClN5O3S. The predicted octanol–water partition coefficient (Wildman–Crippen LogP) is 5.55. The average Bonchev–Trinajstić information content (AvgIpc) is 3.19. The van der Waals surface area contributed by atoms with Gasteiger partial charge < -0.3 is 0 Å². The Bertz CT molecular complexity index is 1340. The Hall–Kier alpha value is -3.56. The fourth-order valence-electron chi connectivity index (χ4n) is 3.14. The van der Waals surface area contributed by atoms with Gasteiger partial charge in [0, 0.05) is 34.6 Å². The van der Waals surface area contributed by atoms with Crippen molar-refractivity contribution in [3.8, 4) is 17.1 Å². The Morgan fingerprint density at radius 1 is 1.12 bits per heavy atom. The van der Waals surface area contributed by atoms with Crippen LogP contribution in [0.4, 0.5) is 5.69 Å². The van der Waals surface area contributed by atoms with Crippen molar-refractivity contribution in [1.29, 1.82) is 0 Å². The zero-order chi connectivity index (χ0) is 22.8.